The van der Waals surface area contributed by atoms with Crippen LogP contribution >= 0.6 is 15.9 Å². The molecule has 82 valence electrons. The summed E-state index contributed by atoms with van der Waals surface area (Å²) < 4.78 is 0.954. The summed E-state index contributed by atoms with van der Waals surface area (Å²) in [5, 5.41) is 1.91. The lowest BCUT2D eigenvalue weighted by atomic mass is 9.92. The number of hydrogen-bond acceptors (Lipinski definition) is 2. The molecule has 0 bridgehead atoms. The van der Waals surface area contributed by atoms with E-state index in [1.807, 2.05) is 18.2 Å². The highest BCUT2D eigenvalue weighted by molar-refractivity contribution is 9.10. The SMILES string of the molecule is O=C1C=CC(=O)c2cc3cc(Br)ccc3cc21. The topological polar surface area (TPSA) is 34.1 Å². The van der Waals surface area contributed by atoms with Crippen molar-refractivity contribution in [2.75, 3.05) is 0 Å². The molecule has 0 unspecified atom stereocenters. The van der Waals surface area contributed by atoms with Gasteiger partial charge in [-0.2, -0.15) is 0 Å². The van der Waals surface area contributed by atoms with Gasteiger partial charge in [0.1, 0.15) is 0 Å². The van der Waals surface area contributed by atoms with Crippen molar-refractivity contribution in [1.82, 2.24) is 0 Å². The molecule has 3 rings (SSSR count). The van der Waals surface area contributed by atoms with Crippen molar-refractivity contribution in [3.8, 4) is 0 Å². The van der Waals surface area contributed by atoms with E-state index in [0.717, 1.165) is 15.2 Å². The summed E-state index contributed by atoms with van der Waals surface area (Å²) >= 11 is 3.39. The molecule has 1 aliphatic rings. The molecule has 0 saturated heterocycles. The molecule has 2 nitrogen and oxygen atoms in total. The van der Waals surface area contributed by atoms with Crippen LogP contribution in [0.1, 0.15) is 20.7 Å². The molecule has 0 heterocycles. The Morgan fingerprint density at radius 3 is 2.00 bits per heavy atom. The quantitative estimate of drug-likeness (QED) is 0.742. The molecular formula is C14H7BrO2. The van der Waals surface area contributed by atoms with Crippen LogP contribution in [-0.4, -0.2) is 11.6 Å². The Labute approximate surface area is 106 Å². The lowest BCUT2D eigenvalue weighted by Gasteiger charge is -2.10. The summed E-state index contributed by atoms with van der Waals surface area (Å²) in [5.41, 5.74) is 0.982. The van der Waals surface area contributed by atoms with E-state index in [2.05, 4.69) is 15.9 Å². The third-order valence-corrected chi connectivity index (χ3v) is 3.35. The number of rotatable bonds is 0. The molecule has 3 heteroatoms. The van der Waals surface area contributed by atoms with E-state index in [0.29, 0.717) is 11.1 Å². The zero-order valence-electron chi connectivity index (χ0n) is 8.74. The van der Waals surface area contributed by atoms with Crippen molar-refractivity contribution >= 4 is 38.3 Å². The Morgan fingerprint density at radius 1 is 0.765 bits per heavy atom. The van der Waals surface area contributed by atoms with Gasteiger partial charge in [0.2, 0.25) is 0 Å². The lowest BCUT2D eigenvalue weighted by Crippen LogP contribution is -2.11. The van der Waals surface area contributed by atoms with E-state index in [9.17, 15) is 9.59 Å². The molecule has 0 N–H and O–H groups in total. The zero-order chi connectivity index (χ0) is 12.0. The van der Waals surface area contributed by atoms with Crippen molar-refractivity contribution in [2.45, 2.75) is 0 Å². The second-order valence-corrected chi connectivity index (χ2v) is 4.87. The molecule has 2 aromatic rings. The summed E-state index contributed by atoms with van der Waals surface area (Å²) in [6.45, 7) is 0. The summed E-state index contributed by atoms with van der Waals surface area (Å²) in [5.74, 6) is -0.217. The van der Waals surface area contributed by atoms with Gasteiger partial charge in [-0.25, -0.2) is 0 Å². The smallest absolute Gasteiger partial charge is 0.186 e. The van der Waals surface area contributed by atoms with Gasteiger partial charge < -0.3 is 0 Å². The Kier molecular flexibility index (Phi) is 2.23. The van der Waals surface area contributed by atoms with Crippen LogP contribution in [-0.2, 0) is 0 Å². The van der Waals surface area contributed by atoms with E-state index in [1.165, 1.54) is 12.2 Å². The average molecular weight is 287 g/mol. The number of halogens is 1. The van der Waals surface area contributed by atoms with E-state index in [-0.39, 0.29) is 11.6 Å². The highest BCUT2D eigenvalue weighted by Crippen LogP contribution is 2.26. The average Bonchev–Trinajstić information content (AvgIpc) is 2.32. The Balaban J connectivity index is 2.38. The molecule has 0 radical (unpaired) electrons. The first-order chi connectivity index (χ1) is 8.15. The van der Waals surface area contributed by atoms with Crippen LogP contribution in [0, 0.1) is 0 Å². The number of ketones is 2. The van der Waals surface area contributed by atoms with Crippen molar-refractivity contribution in [3.63, 3.8) is 0 Å². The molecule has 0 saturated carbocycles. The normalized spacial score (nSPS) is 14.2. The molecule has 2 aromatic carbocycles. The van der Waals surface area contributed by atoms with Gasteiger partial charge in [0.05, 0.1) is 0 Å². The second-order valence-electron chi connectivity index (χ2n) is 3.95. The van der Waals surface area contributed by atoms with Gasteiger partial charge >= 0.3 is 0 Å². The predicted molar refractivity (Wildman–Crippen MR) is 69.4 cm³/mol. The number of carbonyl (C=O) groups excluding carboxylic acids is 2. The molecule has 0 atom stereocenters. The van der Waals surface area contributed by atoms with Crippen molar-refractivity contribution in [3.05, 3.63) is 58.1 Å². The van der Waals surface area contributed by atoms with Gasteiger partial charge in [0.25, 0.3) is 0 Å². The maximum Gasteiger partial charge on any atom is 0.186 e. The van der Waals surface area contributed by atoms with Gasteiger partial charge in [-0.15, -0.1) is 0 Å². The first kappa shape index (κ1) is 10.4. The van der Waals surface area contributed by atoms with E-state index in [1.54, 1.807) is 12.1 Å². The zero-order valence-corrected chi connectivity index (χ0v) is 10.3. The van der Waals surface area contributed by atoms with E-state index >= 15 is 0 Å². The molecule has 0 aliphatic heterocycles. The largest absolute Gasteiger partial charge is 0.289 e. The van der Waals surface area contributed by atoms with Gasteiger partial charge in [-0.1, -0.05) is 22.0 Å². The summed E-state index contributed by atoms with van der Waals surface area (Å²) in [7, 11) is 0. The highest BCUT2D eigenvalue weighted by atomic mass is 79.9. The maximum atomic E-state index is 11.7. The monoisotopic (exact) mass is 286 g/mol. The van der Waals surface area contributed by atoms with Gasteiger partial charge in [0, 0.05) is 15.6 Å². The highest BCUT2D eigenvalue weighted by Gasteiger charge is 2.19. The molecule has 0 aromatic heterocycles. The Hall–Kier alpha value is -1.74. The number of hydrogen-bond donors (Lipinski definition) is 0. The van der Waals surface area contributed by atoms with Crippen LogP contribution in [0.4, 0.5) is 0 Å². The fraction of sp³-hybridized carbons (Fsp3) is 0. The van der Waals surface area contributed by atoms with Crippen LogP contribution in [0.3, 0.4) is 0 Å². The third kappa shape index (κ3) is 1.63. The maximum absolute atomic E-state index is 11.7. The van der Waals surface area contributed by atoms with E-state index in [4.69, 9.17) is 0 Å². The number of allylic oxidation sites excluding steroid dienone is 2. The molecule has 0 amide bonds. The second kappa shape index (κ2) is 3.64. The van der Waals surface area contributed by atoms with E-state index < -0.39 is 0 Å². The molecule has 0 spiro atoms. The number of carbonyl (C=O) groups is 2. The van der Waals surface area contributed by atoms with Crippen LogP contribution in [0.5, 0.6) is 0 Å². The molecule has 1 aliphatic carbocycles. The minimum atomic E-state index is -0.110. The lowest BCUT2D eigenvalue weighted by molar-refractivity contribution is 0.0994. The third-order valence-electron chi connectivity index (χ3n) is 2.86. The first-order valence-corrected chi connectivity index (χ1v) is 5.94. The predicted octanol–water partition coefficient (Wildman–Crippen LogP) is 3.54. The minimum Gasteiger partial charge on any atom is -0.289 e. The molecule has 0 fully saturated rings. The molecular weight excluding hydrogens is 280 g/mol. The summed E-state index contributed by atoms with van der Waals surface area (Å²) in [4.78, 5) is 23.4. The summed E-state index contributed by atoms with van der Waals surface area (Å²) in [6, 6.07) is 9.33. The van der Waals surface area contributed by atoms with Gasteiger partial charge in [-0.05, 0) is 47.2 Å². The minimum absolute atomic E-state index is 0.107. The van der Waals surface area contributed by atoms with Crippen LogP contribution in [0.25, 0.3) is 10.8 Å². The van der Waals surface area contributed by atoms with Crippen LogP contribution < -0.4 is 0 Å². The van der Waals surface area contributed by atoms with Crippen LogP contribution in [0.2, 0.25) is 0 Å². The summed E-state index contributed by atoms with van der Waals surface area (Å²) in [6.07, 6.45) is 2.66. The fourth-order valence-electron chi connectivity index (χ4n) is 2.01. The first-order valence-electron chi connectivity index (χ1n) is 5.15. The Morgan fingerprint density at radius 2 is 1.35 bits per heavy atom. The van der Waals surface area contributed by atoms with Gasteiger partial charge in [0.15, 0.2) is 11.6 Å². The van der Waals surface area contributed by atoms with Crippen molar-refractivity contribution in [2.24, 2.45) is 0 Å². The number of fused-ring (bicyclic) bond motifs is 2. The molecule has 17 heavy (non-hydrogen) atoms. The fourth-order valence-corrected chi connectivity index (χ4v) is 2.39. The van der Waals surface area contributed by atoms with Gasteiger partial charge in [-0.3, -0.25) is 9.59 Å². The number of benzene rings is 2. The van der Waals surface area contributed by atoms with Crippen LogP contribution in [0.15, 0.2) is 47.0 Å². The Bertz CT molecular complexity index is 699. The standard InChI is InChI=1S/C14H7BrO2/c15-10-2-1-8-6-11-12(7-9(8)5-10)14(17)4-3-13(11)16/h1-7H. The van der Waals surface area contributed by atoms with Crippen molar-refractivity contribution in [1.29, 1.82) is 0 Å². The van der Waals surface area contributed by atoms with Crippen molar-refractivity contribution < 1.29 is 9.59 Å².